The number of benzene rings is 2. The molecule has 0 bridgehead atoms. The van der Waals surface area contributed by atoms with E-state index in [0.717, 1.165) is 18.4 Å². The maximum absolute atomic E-state index is 14.7. The first-order chi connectivity index (χ1) is 31.4. The fourth-order valence-corrected chi connectivity index (χ4v) is 7.18. The summed E-state index contributed by atoms with van der Waals surface area (Å²) in [6.45, 7) is 21.5. The minimum Gasteiger partial charge on any atom is -0.488 e. The van der Waals surface area contributed by atoms with Crippen molar-refractivity contribution >= 4 is 41.5 Å². The van der Waals surface area contributed by atoms with E-state index in [1.807, 2.05) is 80.5 Å². The molecule has 374 valence electrons. The molecule has 0 aliphatic carbocycles. The summed E-state index contributed by atoms with van der Waals surface area (Å²) in [5, 5.41) is 11.0. The molecule has 0 heterocycles. The summed E-state index contributed by atoms with van der Waals surface area (Å²) in [5.41, 5.74) is 7.20. The number of rotatable bonds is 27. The van der Waals surface area contributed by atoms with Gasteiger partial charge in [0.05, 0.1) is 6.04 Å². The predicted molar refractivity (Wildman–Crippen MR) is 258 cm³/mol. The third-order valence-corrected chi connectivity index (χ3v) is 11.6. The molecule has 0 spiro atoms. The average Bonchev–Trinajstić information content (AvgIpc) is 3.27. The Kier molecular flexibility index (Phi) is 24.1. The van der Waals surface area contributed by atoms with Crippen LogP contribution < -0.4 is 31.7 Å². The molecule has 5 amide bonds. The van der Waals surface area contributed by atoms with Crippen LogP contribution in [0.15, 0.2) is 54.6 Å². The highest BCUT2D eigenvalue weighted by atomic mass is 16.5. The molecular formula is C51H80N6O10. The quantitative estimate of drug-likeness (QED) is 0.0701. The number of hydrogen-bond donors (Lipinski definition) is 5. The summed E-state index contributed by atoms with van der Waals surface area (Å²) in [5.74, 6) is -4.83. The van der Waals surface area contributed by atoms with E-state index in [4.69, 9.17) is 19.9 Å². The highest BCUT2D eigenvalue weighted by Crippen LogP contribution is 2.22. The van der Waals surface area contributed by atoms with Gasteiger partial charge in [0.25, 0.3) is 0 Å². The monoisotopic (exact) mass is 937 g/mol. The van der Waals surface area contributed by atoms with Crippen molar-refractivity contribution in [3.63, 3.8) is 0 Å². The van der Waals surface area contributed by atoms with Crippen LogP contribution >= 0.6 is 0 Å². The van der Waals surface area contributed by atoms with E-state index in [1.54, 1.807) is 43.3 Å². The Morgan fingerprint density at radius 1 is 0.701 bits per heavy atom. The Bertz CT molecular complexity index is 1900. The minimum atomic E-state index is -1.43. The van der Waals surface area contributed by atoms with E-state index in [2.05, 4.69) is 21.3 Å². The molecule has 0 fully saturated rings. The third kappa shape index (κ3) is 19.7. The molecule has 16 nitrogen and oxygen atoms in total. The van der Waals surface area contributed by atoms with Crippen LogP contribution in [0.1, 0.15) is 133 Å². The molecule has 0 saturated carbocycles. The molecule has 0 aliphatic rings. The van der Waals surface area contributed by atoms with Crippen LogP contribution in [0.2, 0.25) is 0 Å². The number of carbonyl (C=O) groups excluding carboxylic acids is 7. The fourth-order valence-electron chi connectivity index (χ4n) is 7.18. The van der Waals surface area contributed by atoms with Gasteiger partial charge >= 0.3 is 11.9 Å². The van der Waals surface area contributed by atoms with Crippen LogP contribution in [0.3, 0.4) is 0 Å². The topological polar surface area (TPSA) is 225 Å². The summed E-state index contributed by atoms with van der Waals surface area (Å²) < 4.78 is 17.4. The number of carbonyl (C=O) groups is 7. The van der Waals surface area contributed by atoms with E-state index < -0.39 is 95.3 Å². The summed E-state index contributed by atoms with van der Waals surface area (Å²) in [7, 11) is 1.49. The zero-order valence-electron chi connectivity index (χ0n) is 42.2. The van der Waals surface area contributed by atoms with Gasteiger partial charge < -0.3 is 46.1 Å². The van der Waals surface area contributed by atoms with Crippen molar-refractivity contribution < 1.29 is 47.8 Å². The number of nitrogens with one attached hydrogen (secondary N) is 4. The standard InChI is InChI=1S/C51H80N6O10/c1-14-17-23-39(52)45(59)55-42(32(6)15-2)48(62)57(13)41(29-36-24-26-38(27-25-36)67-51(10,11)12)46(60)56-43(33(7)16-3)50(64)66-34(8)44(53-35(9)58)47(61)54-40(28-31(4)5)49(63)65-30-37-21-19-18-20-22-37/h18-22,24-27,31-34,39-44H,14-17,23,28-30,52H2,1-13H3,(H,53,58)(H,54,61)(H,55,59)(H,56,60)/t32-,33-,34+,39-,40-,41-,42-,43-,44-/m0/s1. The summed E-state index contributed by atoms with van der Waals surface area (Å²) >= 11 is 0. The maximum Gasteiger partial charge on any atom is 0.329 e. The Morgan fingerprint density at radius 3 is 1.82 bits per heavy atom. The Morgan fingerprint density at radius 2 is 1.28 bits per heavy atom. The van der Waals surface area contributed by atoms with E-state index in [1.165, 1.54) is 25.8 Å². The van der Waals surface area contributed by atoms with Crippen molar-refractivity contribution in [2.75, 3.05) is 7.05 Å². The first-order valence-electron chi connectivity index (χ1n) is 23.8. The van der Waals surface area contributed by atoms with Gasteiger partial charge in [-0.25, -0.2) is 9.59 Å². The molecule has 0 aromatic heterocycles. The van der Waals surface area contributed by atoms with Gasteiger partial charge in [0, 0.05) is 20.4 Å². The maximum atomic E-state index is 14.7. The van der Waals surface area contributed by atoms with E-state index in [-0.39, 0.29) is 31.3 Å². The molecule has 9 atom stereocenters. The normalized spacial score (nSPS) is 15.5. The van der Waals surface area contributed by atoms with Crippen LogP contribution in [0.4, 0.5) is 0 Å². The number of hydrogen-bond acceptors (Lipinski definition) is 11. The number of unbranched alkanes of at least 4 members (excludes halogenated alkanes) is 1. The van der Waals surface area contributed by atoms with Crippen molar-refractivity contribution in [2.24, 2.45) is 23.5 Å². The van der Waals surface area contributed by atoms with Gasteiger partial charge in [-0.15, -0.1) is 0 Å². The van der Waals surface area contributed by atoms with Crippen LogP contribution in [0, 0.1) is 17.8 Å². The summed E-state index contributed by atoms with van der Waals surface area (Å²) in [4.78, 5) is 97.6. The fraction of sp³-hybridized carbons (Fsp3) is 0.627. The number of amides is 5. The zero-order valence-corrected chi connectivity index (χ0v) is 42.2. The van der Waals surface area contributed by atoms with Crippen LogP contribution in [-0.4, -0.2) is 101 Å². The van der Waals surface area contributed by atoms with E-state index in [0.29, 0.717) is 30.6 Å². The van der Waals surface area contributed by atoms with Crippen LogP contribution in [-0.2, 0) is 56.1 Å². The number of ether oxygens (including phenoxy) is 3. The van der Waals surface area contributed by atoms with Gasteiger partial charge in [-0.05, 0) is 81.5 Å². The number of nitrogens with zero attached hydrogens (tertiary/aromatic N) is 1. The van der Waals surface area contributed by atoms with Gasteiger partial charge in [-0.3, -0.25) is 24.0 Å². The average molecular weight is 937 g/mol. The lowest BCUT2D eigenvalue weighted by Gasteiger charge is -2.35. The lowest BCUT2D eigenvalue weighted by Crippen LogP contribution is -2.60. The summed E-state index contributed by atoms with van der Waals surface area (Å²) in [6.07, 6.45) is 1.96. The van der Waals surface area contributed by atoms with Gasteiger partial charge in [-0.2, -0.15) is 0 Å². The molecule has 2 rings (SSSR count). The Balaban J connectivity index is 2.48. The van der Waals surface area contributed by atoms with Gasteiger partial charge in [0.15, 0.2) is 0 Å². The molecule has 16 heteroatoms. The van der Waals surface area contributed by atoms with Crippen molar-refractivity contribution in [1.29, 1.82) is 0 Å². The molecule has 2 aromatic carbocycles. The van der Waals surface area contributed by atoms with Gasteiger partial charge in [0.2, 0.25) is 29.5 Å². The minimum absolute atomic E-state index is 0.0116. The number of esters is 2. The lowest BCUT2D eigenvalue weighted by molar-refractivity contribution is -0.158. The first-order valence-corrected chi connectivity index (χ1v) is 23.8. The van der Waals surface area contributed by atoms with Crippen molar-refractivity contribution in [3.05, 3.63) is 65.7 Å². The van der Waals surface area contributed by atoms with E-state index in [9.17, 15) is 33.6 Å². The SMILES string of the molecule is CCCC[C@H](N)C(=O)N[C@H](C(=O)N(C)[C@@H](Cc1ccc(OC(C)(C)C)cc1)C(=O)N[C@H](C(=O)O[C@H](C)[C@H](NC(C)=O)C(=O)N[C@@H](CC(C)C)C(=O)OCc1ccccc1)[C@@H](C)CC)[C@@H](C)CC. The molecule has 6 N–H and O–H groups in total. The number of nitrogens with two attached hydrogens (primary N) is 1. The van der Waals surface area contributed by atoms with Crippen LogP contribution in [0.25, 0.3) is 0 Å². The van der Waals surface area contributed by atoms with Crippen molar-refractivity contribution in [2.45, 2.75) is 183 Å². The van der Waals surface area contributed by atoms with Crippen molar-refractivity contribution in [1.82, 2.24) is 26.2 Å². The smallest absolute Gasteiger partial charge is 0.329 e. The van der Waals surface area contributed by atoms with E-state index >= 15 is 0 Å². The molecule has 0 aliphatic heterocycles. The van der Waals surface area contributed by atoms with Crippen LogP contribution in [0.5, 0.6) is 5.75 Å². The first kappa shape index (κ1) is 57.6. The molecule has 67 heavy (non-hydrogen) atoms. The Hall–Kier alpha value is -5.51. The van der Waals surface area contributed by atoms with Gasteiger partial charge in [0.1, 0.15) is 54.3 Å². The Labute approximate surface area is 398 Å². The highest BCUT2D eigenvalue weighted by Gasteiger charge is 2.39. The highest BCUT2D eigenvalue weighted by molar-refractivity contribution is 5.95. The molecule has 0 unspecified atom stereocenters. The largest absolute Gasteiger partial charge is 0.488 e. The second-order valence-electron chi connectivity index (χ2n) is 19.1. The van der Waals surface area contributed by atoms with Gasteiger partial charge in [-0.1, -0.05) is 117 Å². The van der Waals surface area contributed by atoms with Crippen molar-refractivity contribution in [3.8, 4) is 5.75 Å². The second-order valence-corrected chi connectivity index (χ2v) is 19.1. The molecular weight excluding hydrogens is 857 g/mol. The number of likely N-dealkylation sites (N-methyl/N-ethyl adjacent to an activating group) is 1. The molecule has 0 saturated heterocycles. The third-order valence-electron chi connectivity index (χ3n) is 11.6. The lowest BCUT2D eigenvalue weighted by atomic mass is 9.95. The molecule has 2 aromatic rings. The zero-order chi connectivity index (χ0) is 50.6. The second kappa shape index (κ2) is 28.0. The molecule has 0 radical (unpaired) electrons. The predicted octanol–water partition coefficient (Wildman–Crippen LogP) is 5.52. The summed E-state index contributed by atoms with van der Waals surface area (Å²) in [6, 6.07) is 9.43.